The van der Waals surface area contributed by atoms with E-state index in [0.717, 1.165) is 32.6 Å². The number of hydrogen-bond donors (Lipinski definition) is 2. The van der Waals surface area contributed by atoms with Gasteiger partial charge in [0, 0.05) is 32.1 Å². The molecule has 0 aliphatic heterocycles. The fourth-order valence-electron chi connectivity index (χ4n) is 6.80. The Morgan fingerprint density at radius 1 is 1.08 bits per heavy atom. The first-order valence-electron chi connectivity index (χ1n) is 9.99. The number of carbonyl (C=O) groups is 3. The predicted octanol–water partition coefficient (Wildman–Crippen LogP) is 3.23. The lowest BCUT2D eigenvalue weighted by Gasteiger charge is -2.59. The topological polar surface area (TPSA) is 91.7 Å². The minimum atomic E-state index is -0.833. The van der Waals surface area contributed by atoms with Gasteiger partial charge in [-0.15, -0.1) is 0 Å². The molecule has 2 N–H and O–H groups in total. The molecule has 0 heterocycles. The van der Waals surface area contributed by atoms with Crippen LogP contribution in [0.25, 0.3) is 0 Å². The molecule has 0 aromatic carbocycles. The molecule has 0 saturated heterocycles. The first-order chi connectivity index (χ1) is 12.1. The lowest BCUT2D eigenvalue weighted by molar-refractivity contribution is -0.157. The highest BCUT2D eigenvalue weighted by Gasteiger charge is 2.61. The van der Waals surface area contributed by atoms with Crippen LogP contribution >= 0.6 is 0 Å². The summed E-state index contributed by atoms with van der Waals surface area (Å²) in [6.45, 7) is 5.67. The predicted molar refractivity (Wildman–Crippen MR) is 96.4 cm³/mol. The van der Waals surface area contributed by atoms with Crippen molar-refractivity contribution in [2.45, 2.75) is 78.2 Å². The Balaban J connectivity index is 0.000000447. The molecule has 7 atom stereocenters. The van der Waals surface area contributed by atoms with Gasteiger partial charge in [-0.05, 0) is 60.7 Å². The van der Waals surface area contributed by atoms with Gasteiger partial charge in [-0.25, -0.2) is 0 Å². The Morgan fingerprint density at radius 2 is 1.73 bits per heavy atom. The first-order valence-corrected chi connectivity index (χ1v) is 9.99. The Morgan fingerprint density at radius 3 is 2.38 bits per heavy atom. The maximum Gasteiger partial charge on any atom is 0.300 e. The van der Waals surface area contributed by atoms with Crippen molar-refractivity contribution in [1.29, 1.82) is 0 Å². The Labute approximate surface area is 155 Å². The van der Waals surface area contributed by atoms with Crippen molar-refractivity contribution in [1.82, 2.24) is 0 Å². The summed E-state index contributed by atoms with van der Waals surface area (Å²) in [4.78, 5) is 33.9. The number of hydrogen-bond acceptors (Lipinski definition) is 4. The van der Waals surface area contributed by atoms with E-state index in [9.17, 15) is 14.7 Å². The minimum absolute atomic E-state index is 0.0546. The number of aliphatic hydroxyl groups is 1. The average Bonchev–Trinajstić information content (AvgIpc) is 2.83. The molecule has 0 amide bonds. The number of ketones is 2. The van der Waals surface area contributed by atoms with Crippen molar-refractivity contribution in [3.05, 3.63) is 0 Å². The van der Waals surface area contributed by atoms with Crippen molar-refractivity contribution in [3.8, 4) is 0 Å². The first kappa shape index (κ1) is 19.5. The van der Waals surface area contributed by atoms with Crippen molar-refractivity contribution in [2.75, 3.05) is 0 Å². The third kappa shape index (κ3) is 3.23. The smallest absolute Gasteiger partial charge is 0.300 e. The molecular weight excluding hydrogens is 332 g/mol. The summed E-state index contributed by atoms with van der Waals surface area (Å²) in [5.41, 5.74) is 0.210. The summed E-state index contributed by atoms with van der Waals surface area (Å²) >= 11 is 0. The van der Waals surface area contributed by atoms with Gasteiger partial charge < -0.3 is 10.2 Å². The molecule has 4 aliphatic carbocycles. The van der Waals surface area contributed by atoms with Crippen LogP contribution < -0.4 is 0 Å². The standard InChI is InChI=1S/C19H28O3.C2H4O2/c1-18-5-4-14-13(15(18)8-12(21)10-18)9-17(22)16-7-11(20)3-6-19(14,16)2;1-2(3)4/h11,13-16,20H,3-10H2,1-2H3;1H3,(H,3,4)/t11-,13-,14+,15+,16-,18-,19-;/m0./s1. The molecule has 0 aromatic heterocycles. The van der Waals surface area contributed by atoms with E-state index in [1.165, 1.54) is 6.42 Å². The number of carboxylic acid groups (broad SMARTS) is 1. The highest BCUT2D eigenvalue weighted by molar-refractivity contribution is 5.85. The summed E-state index contributed by atoms with van der Waals surface area (Å²) in [7, 11) is 0. The SMILES string of the molecule is CC(=O)O.C[C@@]12CC[C@@H]3[C@H](CC(=O)[C@@H]4C[C@@H](O)CC[C@@]34C)[C@H]1CC(=O)C2. The van der Waals surface area contributed by atoms with Gasteiger partial charge in [-0.3, -0.25) is 14.4 Å². The minimum Gasteiger partial charge on any atom is -0.481 e. The summed E-state index contributed by atoms with van der Waals surface area (Å²) in [5, 5.41) is 17.4. The maximum atomic E-state index is 12.8. The fourth-order valence-corrected chi connectivity index (χ4v) is 6.80. The summed E-state index contributed by atoms with van der Waals surface area (Å²) < 4.78 is 0. The van der Waals surface area contributed by atoms with Gasteiger partial charge in [0.1, 0.15) is 11.6 Å². The fraction of sp³-hybridized carbons (Fsp3) is 0.857. The Kier molecular flexibility index (Phi) is 5.06. The molecular formula is C21H32O5. The maximum absolute atomic E-state index is 12.8. The van der Waals surface area contributed by atoms with Crippen molar-refractivity contribution < 1.29 is 24.6 Å². The van der Waals surface area contributed by atoms with E-state index in [1.54, 1.807) is 0 Å². The van der Waals surface area contributed by atoms with Crippen LogP contribution in [0.1, 0.15) is 72.1 Å². The number of carboxylic acids is 1. The zero-order chi connectivity index (χ0) is 19.3. The van der Waals surface area contributed by atoms with Crippen LogP contribution in [0.3, 0.4) is 0 Å². The van der Waals surface area contributed by atoms with E-state index in [4.69, 9.17) is 9.90 Å². The van der Waals surface area contributed by atoms with Gasteiger partial charge >= 0.3 is 0 Å². The zero-order valence-corrected chi connectivity index (χ0v) is 16.2. The van der Waals surface area contributed by atoms with E-state index in [2.05, 4.69) is 13.8 Å². The van der Waals surface area contributed by atoms with Crippen LogP contribution in [0.15, 0.2) is 0 Å². The van der Waals surface area contributed by atoms with E-state index < -0.39 is 5.97 Å². The number of Topliss-reactive ketones (excluding diaryl/α,β-unsaturated/α-hetero) is 2. The zero-order valence-electron chi connectivity index (χ0n) is 16.2. The quantitative estimate of drug-likeness (QED) is 0.688. The lowest BCUT2D eigenvalue weighted by atomic mass is 9.45. The summed E-state index contributed by atoms with van der Waals surface area (Å²) in [6, 6.07) is 0. The van der Waals surface area contributed by atoms with Crippen LogP contribution in [0.2, 0.25) is 0 Å². The van der Waals surface area contributed by atoms with Gasteiger partial charge in [-0.1, -0.05) is 13.8 Å². The van der Waals surface area contributed by atoms with E-state index >= 15 is 0 Å². The number of rotatable bonds is 0. The largest absolute Gasteiger partial charge is 0.481 e. The van der Waals surface area contributed by atoms with Gasteiger partial charge in [0.15, 0.2) is 0 Å². The van der Waals surface area contributed by atoms with Crippen LogP contribution in [-0.2, 0) is 14.4 Å². The molecule has 4 aliphatic rings. The molecule has 0 aromatic rings. The Bertz CT molecular complexity index is 610. The van der Waals surface area contributed by atoms with Crippen LogP contribution in [0.5, 0.6) is 0 Å². The third-order valence-electron chi connectivity index (χ3n) is 8.00. The molecule has 0 bridgehead atoms. The molecule has 0 radical (unpaired) electrons. The van der Waals surface area contributed by atoms with Crippen molar-refractivity contribution >= 4 is 17.5 Å². The second-order valence-corrected chi connectivity index (χ2v) is 9.67. The molecule has 26 heavy (non-hydrogen) atoms. The highest BCUT2D eigenvalue weighted by Crippen LogP contribution is 2.64. The lowest BCUT2D eigenvalue weighted by Crippen LogP contribution is -2.56. The van der Waals surface area contributed by atoms with Crippen molar-refractivity contribution in [2.24, 2.45) is 34.5 Å². The van der Waals surface area contributed by atoms with Gasteiger partial charge in [0.25, 0.3) is 5.97 Å². The van der Waals surface area contributed by atoms with E-state index in [-0.39, 0.29) is 22.9 Å². The average molecular weight is 364 g/mol. The summed E-state index contributed by atoms with van der Waals surface area (Å²) in [5.74, 6) is 1.41. The monoisotopic (exact) mass is 364 g/mol. The third-order valence-corrected chi connectivity index (χ3v) is 8.00. The number of carbonyl (C=O) groups excluding carboxylic acids is 2. The van der Waals surface area contributed by atoms with Gasteiger partial charge in [0.2, 0.25) is 0 Å². The molecule has 146 valence electrons. The normalized spacial score (nSPS) is 47.2. The van der Waals surface area contributed by atoms with Crippen molar-refractivity contribution in [3.63, 3.8) is 0 Å². The van der Waals surface area contributed by atoms with E-state index in [1.807, 2.05) is 0 Å². The molecule has 4 saturated carbocycles. The highest BCUT2D eigenvalue weighted by atomic mass is 16.4. The Hall–Kier alpha value is -1.23. The second-order valence-electron chi connectivity index (χ2n) is 9.67. The van der Waals surface area contributed by atoms with Crippen LogP contribution in [-0.4, -0.2) is 33.9 Å². The number of aliphatic hydroxyl groups excluding tert-OH is 1. The molecule has 0 spiro atoms. The molecule has 4 rings (SSSR count). The number of fused-ring (bicyclic) bond motifs is 5. The molecule has 5 nitrogen and oxygen atoms in total. The molecule has 0 unspecified atom stereocenters. The summed E-state index contributed by atoms with van der Waals surface area (Å²) in [6.07, 6.45) is 6.59. The van der Waals surface area contributed by atoms with E-state index in [0.29, 0.717) is 48.6 Å². The molecule has 4 fully saturated rings. The van der Waals surface area contributed by atoms with Gasteiger partial charge in [-0.2, -0.15) is 0 Å². The molecule has 5 heteroatoms. The second kappa shape index (κ2) is 6.74. The van der Waals surface area contributed by atoms with Crippen LogP contribution in [0, 0.1) is 34.5 Å². The van der Waals surface area contributed by atoms with Gasteiger partial charge in [0.05, 0.1) is 6.10 Å². The van der Waals surface area contributed by atoms with Crippen LogP contribution in [0.4, 0.5) is 0 Å². The number of aliphatic carboxylic acids is 1.